The fourth-order valence-corrected chi connectivity index (χ4v) is 1.82. The Balaban J connectivity index is 4.37. The summed E-state index contributed by atoms with van der Waals surface area (Å²) in [4.78, 5) is 27.3. The van der Waals surface area contributed by atoms with E-state index in [1.165, 1.54) is 0 Å². The van der Waals surface area contributed by atoms with Gasteiger partial charge in [0.25, 0.3) is 0 Å². The second kappa shape index (κ2) is 9.66. The monoisotopic (exact) mass is 303 g/mol. The van der Waals surface area contributed by atoms with Gasteiger partial charge in [-0.25, -0.2) is 0 Å². The number of rotatable bonds is 9. The quantitative estimate of drug-likeness (QED) is 0.193. The van der Waals surface area contributed by atoms with E-state index in [2.05, 4.69) is 19.5 Å². The normalized spacial score (nSPS) is 15.0. The van der Waals surface area contributed by atoms with Crippen LogP contribution in [0.3, 0.4) is 0 Å². The summed E-state index contributed by atoms with van der Waals surface area (Å²) < 4.78 is 0. The van der Waals surface area contributed by atoms with Crippen molar-refractivity contribution >= 4 is 26.6 Å². The van der Waals surface area contributed by atoms with Gasteiger partial charge in [0.05, 0.1) is 12.1 Å². The van der Waals surface area contributed by atoms with Gasteiger partial charge in [0.2, 0.25) is 5.91 Å². The average Bonchev–Trinajstić information content (AvgIpc) is 2.39. The van der Waals surface area contributed by atoms with Crippen molar-refractivity contribution in [2.75, 3.05) is 6.54 Å². The molecule has 0 fully saturated rings. The topological polar surface area (TPSA) is 137 Å². The molecule has 0 aliphatic heterocycles. The highest BCUT2D eigenvalue weighted by Crippen LogP contribution is 2.08. The molecule has 0 aromatic heterocycles. The van der Waals surface area contributed by atoms with Crippen LogP contribution in [-0.2, 0) is 9.59 Å². The number of nitrogens with zero attached hydrogens (tertiary/aromatic N) is 1. The fraction of sp³-hybridized carbons (Fsp3) is 0.750. The highest BCUT2D eigenvalue weighted by Gasteiger charge is 2.23. The van der Waals surface area contributed by atoms with E-state index in [0.29, 0.717) is 19.4 Å². The predicted octanol–water partition coefficient (Wildman–Crippen LogP) is -0.700. The van der Waals surface area contributed by atoms with Crippen LogP contribution >= 0.6 is 9.24 Å². The molecule has 0 spiro atoms. The van der Waals surface area contributed by atoms with Gasteiger partial charge in [-0.2, -0.15) is 0 Å². The molecular weight excluding hydrogens is 277 g/mol. The number of hydrogen-bond acceptors (Lipinski definition) is 4. The van der Waals surface area contributed by atoms with Crippen LogP contribution in [0.1, 0.15) is 33.1 Å². The molecule has 0 aromatic carbocycles. The Labute approximate surface area is 122 Å². The van der Waals surface area contributed by atoms with Crippen LogP contribution in [-0.4, -0.2) is 36.0 Å². The molecule has 4 atom stereocenters. The molecule has 1 amide bonds. The maximum absolute atomic E-state index is 11.9. The first-order chi connectivity index (χ1) is 9.29. The predicted molar refractivity (Wildman–Crippen MR) is 84.0 cm³/mol. The Hall–Kier alpha value is -1.20. The number of carbonyl (C=O) groups is 2. The van der Waals surface area contributed by atoms with Crippen molar-refractivity contribution in [2.24, 2.45) is 28.1 Å². The van der Waals surface area contributed by atoms with E-state index < -0.39 is 12.1 Å². The smallest absolute Gasteiger partial charge is 0.237 e. The molecule has 0 bridgehead atoms. The van der Waals surface area contributed by atoms with Gasteiger partial charge in [-0.05, 0) is 18.8 Å². The van der Waals surface area contributed by atoms with Crippen LogP contribution in [0, 0.1) is 5.92 Å². The van der Waals surface area contributed by atoms with Gasteiger partial charge >= 0.3 is 0 Å². The van der Waals surface area contributed by atoms with Crippen molar-refractivity contribution in [1.29, 1.82) is 0 Å². The van der Waals surface area contributed by atoms with Crippen molar-refractivity contribution in [2.45, 2.75) is 45.2 Å². The SMILES string of the molecule is CCC(C)C(N)C(=O)NC(CCCN=C(N)N)C(=O)P. The molecule has 0 radical (unpaired) electrons. The van der Waals surface area contributed by atoms with E-state index in [4.69, 9.17) is 17.2 Å². The van der Waals surface area contributed by atoms with Gasteiger partial charge in [-0.1, -0.05) is 29.5 Å². The van der Waals surface area contributed by atoms with Crippen molar-refractivity contribution in [3.63, 3.8) is 0 Å². The summed E-state index contributed by atoms with van der Waals surface area (Å²) in [7, 11) is 2.08. The zero-order valence-electron chi connectivity index (χ0n) is 12.1. The lowest BCUT2D eigenvalue weighted by Gasteiger charge is -2.21. The number of aliphatic imine (C=N–C) groups is 1. The molecule has 116 valence electrons. The Morgan fingerprint density at radius 2 is 1.95 bits per heavy atom. The van der Waals surface area contributed by atoms with Crippen LogP contribution < -0.4 is 22.5 Å². The molecule has 0 aromatic rings. The highest BCUT2D eigenvalue weighted by molar-refractivity contribution is 7.40. The lowest BCUT2D eigenvalue weighted by molar-refractivity contribution is -0.126. The molecule has 20 heavy (non-hydrogen) atoms. The summed E-state index contributed by atoms with van der Waals surface area (Å²) in [5, 5.41) is 2.67. The van der Waals surface area contributed by atoms with E-state index in [-0.39, 0.29) is 23.3 Å². The van der Waals surface area contributed by atoms with Crippen molar-refractivity contribution < 1.29 is 9.59 Å². The Kier molecular flexibility index (Phi) is 9.08. The minimum atomic E-state index is -0.607. The summed E-state index contributed by atoms with van der Waals surface area (Å²) in [6.07, 6.45) is 1.87. The molecule has 0 saturated carbocycles. The van der Waals surface area contributed by atoms with Gasteiger partial charge in [0, 0.05) is 6.54 Å². The van der Waals surface area contributed by atoms with E-state index >= 15 is 0 Å². The van der Waals surface area contributed by atoms with E-state index in [1.54, 1.807) is 0 Å². The summed E-state index contributed by atoms with van der Waals surface area (Å²) in [6.45, 7) is 4.29. The number of nitrogens with one attached hydrogen (secondary N) is 1. The second-order valence-electron chi connectivity index (χ2n) is 4.82. The lowest BCUT2D eigenvalue weighted by Crippen LogP contribution is -2.49. The van der Waals surface area contributed by atoms with E-state index in [0.717, 1.165) is 6.42 Å². The van der Waals surface area contributed by atoms with Gasteiger partial charge in [-0.15, -0.1) is 0 Å². The van der Waals surface area contributed by atoms with Gasteiger partial charge in [-0.3, -0.25) is 14.6 Å². The first-order valence-corrected chi connectivity index (χ1v) is 7.28. The number of hydrogen-bond donors (Lipinski definition) is 4. The standard InChI is InChI=1S/C12H26N5O2P/c1-3-7(2)9(13)10(18)17-8(11(19)20)5-4-6-16-12(14)15/h7-9H,3-6,13,20H2,1-2H3,(H,17,18)(H4,14,15,16). The number of nitrogens with two attached hydrogens (primary N) is 3. The molecule has 0 heterocycles. The van der Waals surface area contributed by atoms with Gasteiger partial charge in [0.15, 0.2) is 11.5 Å². The van der Waals surface area contributed by atoms with Crippen LogP contribution in [0.2, 0.25) is 0 Å². The Morgan fingerprint density at radius 1 is 1.35 bits per heavy atom. The van der Waals surface area contributed by atoms with E-state index in [9.17, 15) is 9.59 Å². The zero-order valence-corrected chi connectivity index (χ0v) is 13.3. The summed E-state index contributed by atoms with van der Waals surface area (Å²) in [5.41, 5.74) is 16.1. The first kappa shape index (κ1) is 18.8. The Bertz CT molecular complexity index is 358. The third kappa shape index (κ3) is 7.40. The highest BCUT2D eigenvalue weighted by atomic mass is 31.0. The van der Waals surface area contributed by atoms with Crippen molar-refractivity contribution in [1.82, 2.24) is 5.32 Å². The summed E-state index contributed by atoms with van der Waals surface area (Å²) >= 11 is 0. The number of amides is 1. The van der Waals surface area contributed by atoms with Crippen molar-refractivity contribution in [3.05, 3.63) is 0 Å². The molecule has 4 unspecified atom stereocenters. The van der Waals surface area contributed by atoms with Gasteiger partial charge < -0.3 is 22.5 Å². The first-order valence-electron chi connectivity index (χ1n) is 6.70. The zero-order chi connectivity index (χ0) is 15.7. The largest absolute Gasteiger partial charge is 0.370 e. The third-order valence-electron chi connectivity index (χ3n) is 3.16. The summed E-state index contributed by atoms with van der Waals surface area (Å²) in [6, 6.07) is -1.18. The summed E-state index contributed by atoms with van der Waals surface area (Å²) in [5.74, 6) is -0.222. The number of guanidine groups is 1. The van der Waals surface area contributed by atoms with Crippen molar-refractivity contribution in [3.8, 4) is 0 Å². The molecule has 0 aliphatic carbocycles. The van der Waals surface area contributed by atoms with Crippen LogP contribution in [0.5, 0.6) is 0 Å². The van der Waals surface area contributed by atoms with Crippen LogP contribution in [0.25, 0.3) is 0 Å². The lowest BCUT2D eigenvalue weighted by atomic mass is 9.99. The maximum Gasteiger partial charge on any atom is 0.237 e. The Morgan fingerprint density at radius 3 is 2.40 bits per heavy atom. The minimum Gasteiger partial charge on any atom is -0.370 e. The minimum absolute atomic E-state index is 0.0154. The van der Waals surface area contributed by atoms with Crippen LogP contribution in [0.15, 0.2) is 4.99 Å². The van der Waals surface area contributed by atoms with Crippen LogP contribution in [0.4, 0.5) is 0 Å². The molecule has 0 saturated heterocycles. The second-order valence-corrected chi connectivity index (χ2v) is 5.39. The van der Waals surface area contributed by atoms with E-state index in [1.807, 2.05) is 13.8 Å². The molecule has 0 aliphatic rings. The molecule has 0 rings (SSSR count). The molecule has 8 heteroatoms. The van der Waals surface area contributed by atoms with Gasteiger partial charge in [0.1, 0.15) is 0 Å². The molecule has 7 N–H and O–H groups in total. The maximum atomic E-state index is 11.9. The number of carbonyl (C=O) groups excluding carboxylic acids is 2. The molecule has 7 nitrogen and oxygen atoms in total. The third-order valence-corrected chi connectivity index (χ3v) is 3.57. The average molecular weight is 303 g/mol. The fourth-order valence-electron chi connectivity index (χ4n) is 1.57. The molecular formula is C12H26N5O2P.